The van der Waals surface area contributed by atoms with Gasteiger partial charge in [0.2, 0.25) is 0 Å². The van der Waals surface area contributed by atoms with Gasteiger partial charge >= 0.3 is 0 Å². The Balaban J connectivity index is 2.18. The van der Waals surface area contributed by atoms with Crippen LogP contribution >= 0.6 is 11.6 Å². The minimum absolute atomic E-state index is 0.121. The summed E-state index contributed by atoms with van der Waals surface area (Å²) in [4.78, 5) is 0. The summed E-state index contributed by atoms with van der Waals surface area (Å²) in [5.41, 5.74) is 7.95. The van der Waals surface area contributed by atoms with Crippen molar-refractivity contribution in [1.82, 2.24) is 4.57 Å². The number of aromatic nitrogens is 1. The molecule has 0 aliphatic heterocycles. The van der Waals surface area contributed by atoms with Crippen LogP contribution in [0.3, 0.4) is 0 Å². The first-order chi connectivity index (χ1) is 8.56. The fourth-order valence-corrected chi connectivity index (χ4v) is 2.16. The van der Waals surface area contributed by atoms with Gasteiger partial charge in [-0.3, -0.25) is 0 Å². The minimum Gasteiger partial charge on any atom is -0.347 e. The summed E-state index contributed by atoms with van der Waals surface area (Å²) in [5.74, 6) is -0.385. The van der Waals surface area contributed by atoms with Crippen molar-refractivity contribution < 1.29 is 4.39 Å². The first-order valence-corrected chi connectivity index (χ1v) is 6.27. The first-order valence-electron chi connectivity index (χ1n) is 5.90. The number of benzene rings is 1. The Morgan fingerprint density at radius 3 is 2.83 bits per heavy atom. The molecule has 1 aromatic carbocycles. The molecule has 2 aromatic rings. The molecule has 2 N–H and O–H groups in total. The lowest BCUT2D eigenvalue weighted by atomic mass is 10.2. The molecule has 0 fully saturated rings. The zero-order valence-corrected chi connectivity index (χ0v) is 11.0. The first kappa shape index (κ1) is 13.1. The number of nitrogens with zero attached hydrogens (tertiary/aromatic N) is 1. The van der Waals surface area contributed by atoms with Crippen LogP contribution in [-0.2, 0) is 13.0 Å². The van der Waals surface area contributed by atoms with E-state index in [0.717, 1.165) is 12.0 Å². The van der Waals surface area contributed by atoms with Crippen LogP contribution in [-0.4, -0.2) is 10.6 Å². The van der Waals surface area contributed by atoms with Gasteiger partial charge in [-0.25, -0.2) is 4.39 Å². The van der Waals surface area contributed by atoms with E-state index in [-0.39, 0.29) is 16.9 Å². The van der Waals surface area contributed by atoms with Crippen LogP contribution < -0.4 is 5.73 Å². The molecule has 0 spiro atoms. The number of halogens is 2. The lowest BCUT2D eigenvalue weighted by Gasteiger charge is -2.11. The van der Waals surface area contributed by atoms with Gasteiger partial charge in [0.15, 0.2) is 0 Å². The number of nitrogens with two attached hydrogens (primary N) is 1. The van der Waals surface area contributed by atoms with Gasteiger partial charge in [-0.15, -0.1) is 0 Å². The second-order valence-corrected chi connectivity index (χ2v) is 4.96. The van der Waals surface area contributed by atoms with E-state index < -0.39 is 0 Å². The molecule has 0 bridgehead atoms. The Morgan fingerprint density at radius 2 is 2.17 bits per heavy atom. The maximum atomic E-state index is 13.1. The molecule has 1 aromatic heterocycles. The van der Waals surface area contributed by atoms with Crippen molar-refractivity contribution in [1.29, 1.82) is 0 Å². The molecular formula is C14H16ClFN2. The Morgan fingerprint density at radius 1 is 1.39 bits per heavy atom. The molecular weight excluding hydrogens is 251 g/mol. The van der Waals surface area contributed by atoms with Gasteiger partial charge in [-0.05, 0) is 36.8 Å². The van der Waals surface area contributed by atoms with Crippen LogP contribution in [0.1, 0.15) is 18.2 Å². The van der Waals surface area contributed by atoms with Crippen molar-refractivity contribution in [2.75, 3.05) is 0 Å². The molecule has 0 saturated heterocycles. The Kier molecular flexibility index (Phi) is 4.04. The number of hydrogen-bond acceptors (Lipinski definition) is 1. The highest BCUT2D eigenvalue weighted by Crippen LogP contribution is 2.17. The molecule has 1 atom stereocenters. The number of hydrogen-bond donors (Lipinski definition) is 1. The topological polar surface area (TPSA) is 30.9 Å². The standard InChI is InChI=1S/C14H16ClFN2/c1-10(17)7-12-3-2-6-18(12)9-11-4-5-14(16)13(15)8-11/h2-6,8,10H,7,9,17H2,1H3. The SMILES string of the molecule is CC(N)Cc1cccn1Cc1ccc(F)c(Cl)c1. The van der Waals surface area contributed by atoms with Gasteiger partial charge in [0, 0.05) is 30.9 Å². The maximum Gasteiger partial charge on any atom is 0.141 e. The molecule has 0 aliphatic carbocycles. The third-order valence-electron chi connectivity index (χ3n) is 2.79. The zero-order chi connectivity index (χ0) is 13.1. The minimum atomic E-state index is -0.385. The third kappa shape index (κ3) is 3.12. The average molecular weight is 267 g/mol. The molecule has 2 rings (SSSR count). The summed E-state index contributed by atoms with van der Waals surface area (Å²) in [5, 5.41) is 0.161. The maximum absolute atomic E-state index is 13.1. The molecule has 0 amide bonds. The Labute approximate surface area is 111 Å². The lowest BCUT2D eigenvalue weighted by molar-refractivity contribution is 0.625. The van der Waals surface area contributed by atoms with E-state index in [9.17, 15) is 4.39 Å². The molecule has 96 valence electrons. The largest absolute Gasteiger partial charge is 0.347 e. The summed E-state index contributed by atoms with van der Waals surface area (Å²) in [6, 6.07) is 8.96. The quantitative estimate of drug-likeness (QED) is 0.905. The van der Waals surface area contributed by atoms with Crippen LogP contribution in [0.2, 0.25) is 5.02 Å². The molecule has 1 heterocycles. The van der Waals surface area contributed by atoms with Crippen LogP contribution in [0.15, 0.2) is 36.5 Å². The van der Waals surface area contributed by atoms with Crippen molar-refractivity contribution >= 4 is 11.6 Å². The van der Waals surface area contributed by atoms with E-state index in [1.165, 1.54) is 11.8 Å². The highest BCUT2D eigenvalue weighted by molar-refractivity contribution is 6.30. The summed E-state index contributed by atoms with van der Waals surface area (Å²) in [6.07, 6.45) is 2.82. The number of rotatable bonds is 4. The van der Waals surface area contributed by atoms with Gasteiger partial charge < -0.3 is 10.3 Å². The molecule has 0 radical (unpaired) electrons. The molecule has 0 aliphatic rings. The monoisotopic (exact) mass is 266 g/mol. The van der Waals surface area contributed by atoms with Crippen LogP contribution in [0.4, 0.5) is 4.39 Å². The average Bonchev–Trinajstić information content (AvgIpc) is 2.70. The van der Waals surface area contributed by atoms with Crippen LogP contribution in [0.25, 0.3) is 0 Å². The van der Waals surface area contributed by atoms with E-state index in [1.54, 1.807) is 12.1 Å². The Bertz CT molecular complexity index is 534. The predicted molar refractivity (Wildman–Crippen MR) is 72.3 cm³/mol. The van der Waals surface area contributed by atoms with Crippen molar-refractivity contribution in [2.45, 2.75) is 25.9 Å². The molecule has 1 unspecified atom stereocenters. The molecule has 0 saturated carbocycles. The van der Waals surface area contributed by atoms with Crippen molar-refractivity contribution in [3.05, 3.63) is 58.6 Å². The van der Waals surface area contributed by atoms with E-state index in [1.807, 2.05) is 19.2 Å². The van der Waals surface area contributed by atoms with E-state index in [2.05, 4.69) is 10.6 Å². The van der Waals surface area contributed by atoms with Crippen LogP contribution in [0, 0.1) is 5.82 Å². The van der Waals surface area contributed by atoms with E-state index in [0.29, 0.717) is 6.54 Å². The fourth-order valence-electron chi connectivity index (χ4n) is 1.95. The third-order valence-corrected chi connectivity index (χ3v) is 3.08. The van der Waals surface area contributed by atoms with Gasteiger partial charge in [0.25, 0.3) is 0 Å². The van der Waals surface area contributed by atoms with Crippen molar-refractivity contribution in [3.8, 4) is 0 Å². The Hall–Kier alpha value is -1.32. The van der Waals surface area contributed by atoms with Gasteiger partial charge in [-0.1, -0.05) is 17.7 Å². The predicted octanol–water partition coefficient (Wildman–Crippen LogP) is 3.22. The van der Waals surface area contributed by atoms with E-state index in [4.69, 9.17) is 17.3 Å². The summed E-state index contributed by atoms with van der Waals surface area (Å²) in [7, 11) is 0. The molecule has 2 nitrogen and oxygen atoms in total. The highest BCUT2D eigenvalue weighted by atomic mass is 35.5. The fraction of sp³-hybridized carbons (Fsp3) is 0.286. The van der Waals surface area contributed by atoms with Gasteiger partial charge in [0.05, 0.1) is 5.02 Å². The second kappa shape index (κ2) is 5.55. The van der Waals surface area contributed by atoms with Gasteiger partial charge in [-0.2, -0.15) is 0 Å². The van der Waals surface area contributed by atoms with Gasteiger partial charge in [0.1, 0.15) is 5.82 Å². The molecule has 18 heavy (non-hydrogen) atoms. The summed E-state index contributed by atoms with van der Waals surface area (Å²) < 4.78 is 15.2. The van der Waals surface area contributed by atoms with E-state index >= 15 is 0 Å². The molecule has 4 heteroatoms. The van der Waals surface area contributed by atoms with Crippen molar-refractivity contribution in [3.63, 3.8) is 0 Å². The van der Waals surface area contributed by atoms with Crippen LogP contribution in [0.5, 0.6) is 0 Å². The lowest BCUT2D eigenvalue weighted by Crippen LogP contribution is -2.20. The summed E-state index contributed by atoms with van der Waals surface area (Å²) in [6.45, 7) is 2.65. The smallest absolute Gasteiger partial charge is 0.141 e. The second-order valence-electron chi connectivity index (χ2n) is 4.56. The zero-order valence-electron chi connectivity index (χ0n) is 10.2. The van der Waals surface area contributed by atoms with Crippen molar-refractivity contribution in [2.24, 2.45) is 5.73 Å². The normalized spacial score (nSPS) is 12.7. The highest BCUT2D eigenvalue weighted by Gasteiger charge is 2.06. The summed E-state index contributed by atoms with van der Waals surface area (Å²) >= 11 is 5.77.